The van der Waals surface area contributed by atoms with E-state index in [9.17, 15) is 13.2 Å². The van der Waals surface area contributed by atoms with Crippen LogP contribution in [0.2, 0.25) is 0 Å². The molecule has 0 aliphatic rings. The largest absolute Gasteiger partial charge is 0.378 e. The molecule has 0 atom stereocenters. The predicted octanol–water partition coefficient (Wildman–Crippen LogP) is 4.18. The van der Waals surface area contributed by atoms with Gasteiger partial charge < -0.3 is 4.18 Å². The average molecular weight is 434 g/mol. The topological polar surface area (TPSA) is 60.4 Å². The lowest BCUT2D eigenvalue weighted by atomic mass is 10.1. The first kappa shape index (κ1) is 16.2. The molecule has 0 radical (unpaired) electrons. The van der Waals surface area contributed by atoms with E-state index in [1.165, 1.54) is 25.1 Å². The zero-order valence-electron chi connectivity index (χ0n) is 10.8. The van der Waals surface area contributed by atoms with Gasteiger partial charge in [0, 0.05) is 8.95 Å². The summed E-state index contributed by atoms with van der Waals surface area (Å²) in [6.45, 7) is 1.35. The molecule has 0 spiro atoms. The quantitative estimate of drug-likeness (QED) is 0.535. The minimum absolute atomic E-state index is 0.00135. The zero-order chi connectivity index (χ0) is 15.6. The average Bonchev–Trinajstić information content (AvgIpc) is 2.40. The summed E-state index contributed by atoms with van der Waals surface area (Å²) in [6.07, 6.45) is 0. The van der Waals surface area contributed by atoms with Crippen molar-refractivity contribution >= 4 is 47.8 Å². The lowest BCUT2D eigenvalue weighted by Gasteiger charge is -2.11. The van der Waals surface area contributed by atoms with Gasteiger partial charge in [-0.2, -0.15) is 8.42 Å². The third kappa shape index (κ3) is 3.72. The first-order valence-corrected chi connectivity index (χ1v) is 8.80. The Labute approximate surface area is 139 Å². The van der Waals surface area contributed by atoms with Crippen LogP contribution >= 0.6 is 31.9 Å². The number of hydrogen-bond donors (Lipinski definition) is 0. The van der Waals surface area contributed by atoms with E-state index in [-0.39, 0.29) is 22.0 Å². The van der Waals surface area contributed by atoms with E-state index in [2.05, 4.69) is 31.9 Å². The van der Waals surface area contributed by atoms with Gasteiger partial charge in [0.05, 0.1) is 5.56 Å². The van der Waals surface area contributed by atoms with Crippen LogP contribution in [-0.4, -0.2) is 14.2 Å². The van der Waals surface area contributed by atoms with Crippen molar-refractivity contribution in [1.82, 2.24) is 0 Å². The van der Waals surface area contributed by atoms with Crippen LogP contribution in [0.5, 0.6) is 5.75 Å². The Bertz CT molecular complexity index is 800. The molecular formula is C14H10Br2O4S. The van der Waals surface area contributed by atoms with Gasteiger partial charge in [0.2, 0.25) is 0 Å². The van der Waals surface area contributed by atoms with E-state index in [1.807, 2.05) is 0 Å². The Morgan fingerprint density at radius 2 is 1.76 bits per heavy atom. The normalized spacial score (nSPS) is 11.2. The lowest BCUT2D eigenvalue weighted by Crippen LogP contribution is -2.12. The van der Waals surface area contributed by atoms with E-state index >= 15 is 0 Å². The second-order valence-corrected chi connectivity index (χ2v) is 7.45. The number of hydrogen-bond acceptors (Lipinski definition) is 4. The molecule has 0 aromatic heterocycles. The van der Waals surface area contributed by atoms with Crippen LogP contribution in [0.25, 0.3) is 0 Å². The first-order chi connectivity index (χ1) is 9.81. The van der Waals surface area contributed by atoms with Gasteiger partial charge in [0.1, 0.15) is 4.90 Å². The Hall–Kier alpha value is -1.18. The highest BCUT2D eigenvalue weighted by molar-refractivity contribution is 9.10. The minimum atomic E-state index is -4.03. The van der Waals surface area contributed by atoms with Crippen molar-refractivity contribution in [2.24, 2.45) is 0 Å². The SMILES string of the molecule is CC(=O)c1cc(Br)ccc1OS(=O)(=O)c1ccccc1Br. The summed E-state index contributed by atoms with van der Waals surface area (Å²) in [5, 5.41) is 0. The van der Waals surface area contributed by atoms with Crippen molar-refractivity contribution in [1.29, 1.82) is 0 Å². The number of rotatable bonds is 4. The Balaban J connectivity index is 2.47. The molecule has 0 amide bonds. The van der Waals surface area contributed by atoms with Gasteiger partial charge in [-0.15, -0.1) is 0 Å². The fourth-order valence-electron chi connectivity index (χ4n) is 1.66. The fourth-order valence-corrected chi connectivity index (χ4v) is 3.92. The Morgan fingerprint density at radius 3 is 2.38 bits per heavy atom. The van der Waals surface area contributed by atoms with Crippen molar-refractivity contribution in [3.63, 3.8) is 0 Å². The summed E-state index contributed by atoms with van der Waals surface area (Å²) in [6, 6.07) is 10.9. The molecule has 0 aliphatic heterocycles. The van der Waals surface area contributed by atoms with Crippen LogP contribution in [0.15, 0.2) is 56.3 Å². The first-order valence-electron chi connectivity index (χ1n) is 5.81. The van der Waals surface area contributed by atoms with E-state index in [1.54, 1.807) is 24.3 Å². The van der Waals surface area contributed by atoms with Gasteiger partial charge >= 0.3 is 10.1 Å². The van der Waals surface area contributed by atoms with Crippen molar-refractivity contribution < 1.29 is 17.4 Å². The third-order valence-electron chi connectivity index (χ3n) is 2.63. The molecule has 21 heavy (non-hydrogen) atoms. The summed E-state index contributed by atoms with van der Waals surface area (Å²) in [4.78, 5) is 11.6. The number of carbonyl (C=O) groups excluding carboxylic acids is 1. The molecule has 7 heteroatoms. The molecular weight excluding hydrogens is 424 g/mol. The zero-order valence-corrected chi connectivity index (χ0v) is 14.8. The van der Waals surface area contributed by atoms with Gasteiger partial charge in [-0.1, -0.05) is 28.1 Å². The molecule has 0 aliphatic carbocycles. The molecule has 4 nitrogen and oxygen atoms in total. The second kappa shape index (κ2) is 6.29. The van der Waals surface area contributed by atoms with E-state index < -0.39 is 10.1 Å². The van der Waals surface area contributed by atoms with Crippen molar-refractivity contribution in [3.8, 4) is 5.75 Å². The molecule has 0 saturated carbocycles. The highest BCUT2D eigenvalue weighted by Crippen LogP contribution is 2.29. The molecule has 110 valence electrons. The Kier molecular flexibility index (Phi) is 4.85. The highest BCUT2D eigenvalue weighted by Gasteiger charge is 2.22. The smallest absolute Gasteiger partial charge is 0.340 e. The summed E-state index contributed by atoms with van der Waals surface area (Å²) in [5.74, 6) is -0.282. The van der Waals surface area contributed by atoms with Crippen LogP contribution in [0.1, 0.15) is 17.3 Å². The maximum atomic E-state index is 12.3. The molecule has 0 bridgehead atoms. The van der Waals surface area contributed by atoms with E-state index in [0.29, 0.717) is 8.95 Å². The van der Waals surface area contributed by atoms with Crippen LogP contribution < -0.4 is 4.18 Å². The monoisotopic (exact) mass is 432 g/mol. The lowest BCUT2D eigenvalue weighted by molar-refractivity contribution is 0.101. The predicted molar refractivity (Wildman–Crippen MR) is 86.1 cm³/mol. The Morgan fingerprint density at radius 1 is 1.10 bits per heavy atom. The van der Waals surface area contributed by atoms with Crippen LogP contribution in [-0.2, 0) is 10.1 Å². The van der Waals surface area contributed by atoms with E-state index in [4.69, 9.17) is 4.18 Å². The van der Waals surface area contributed by atoms with E-state index in [0.717, 1.165) is 0 Å². The van der Waals surface area contributed by atoms with Crippen LogP contribution in [0.4, 0.5) is 0 Å². The minimum Gasteiger partial charge on any atom is -0.378 e. The fraction of sp³-hybridized carbons (Fsp3) is 0.0714. The molecule has 0 unspecified atom stereocenters. The third-order valence-corrected chi connectivity index (χ3v) is 5.37. The van der Waals surface area contributed by atoms with Gasteiger partial charge in [0.15, 0.2) is 11.5 Å². The highest BCUT2D eigenvalue weighted by atomic mass is 79.9. The van der Waals surface area contributed by atoms with Gasteiger partial charge in [-0.05, 0) is 53.2 Å². The standard InChI is InChI=1S/C14H10Br2O4S/c1-9(17)11-8-10(15)6-7-13(11)20-21(18,19)14-5-3-2-4-12(14)16/h2-8H,1H3. The maximum Gasteiger partial charge on any atom is 0.340 e. The second-order valence-electron chi connectivity index (χ2n) is 4.16. The van der Waals surface area contributed by atoms with Crippen LogP contribution in [0.3, 0.4) is 0 Å². The molecule has 2 aromatic rings. The summed E-state index contributed by atoms with van der Waals surface area (Å²) < 4.78 is 30.8. The van der Waals surface area contributed by atoms with Gasteiger partial charge in [0.25, 0.3) is 0 Å². The molecule has 0 fully saturated rings. The number of benzene rings is 2. The number of Topliss-reactive ketones (excluding diaryl/α,β-unsaturated/α-hetero) is 1. The summed E-state index contributed by atoms with van der Waals surface area (Å²) >= 11 is 6.41. The molecule has 0 heterocycles. The molecule has 2 aromatic carbocycles. The number of carbonyl (C=O) groups is 1. The van der Waals surface area contributed by atoms with Crippen LogP contribution in [0, 0.1) is 0 Å². The molecule has 0 N–H and O–H groups in total. The van der Waals surface area contributed by atoms with Gasteiger partial charge in [-0.3, -0.25) is 4.79 Å². The van der Waals surface area contributed by atoms with Gasteiger partial charge in [-0.25, -0.2) is 0 Å². The summed E-state index contributed by atoms with van der Waals surface area (Å²) in [7, 11) is -4.03. The molecule has 0 saturated heterocycles. The molecule has 2 rings (SSSR count). The number of halogens is 2. The van der Waals surface area contributed by atoms with Crippen molar-refractivity contribution in [3.05, 3.63) is 57.0 Å². The maximum absolute atomic E-state index is 12.3. The van der Waals surface area contributed by atoms with Crippen molar-refractivity contribution in [2.45, 2.75) is 11.8 Å². The number of ketones is 1. The summed E-state index contributed by atoms with van der Waals surface area (Å²) in [5.41, 5.74) is 0.194. The van der Waals surface area contributed by atoms with Crippen molar-refractivity contribution in [2.75, 3.05) is 0 Å².